The molecule has 0 unspecified atom stereocenters. The van der Waals surface area contributed by atoms with Gasteiger partial charge < -0.3 is 10.2 Å². The van der Waals surface area contributed by atoms with Crippen molar-refractivity contribution in [3.05, 3.63) is 63.2 Å². The molecule has 4 rings (SSSR count). The molecule has 10 heteroatoms. The van der Waals surface area contributed by atoms with Crippen LogP contribution in [0.1, 0.15) is 30.0 Å². The summed E-state index contributed by atoms with van der Waals surface area (Å²) in [6.45, 7) is 2.52. The zero-order valence-corrected chi connectivity index (χ0v) is 16.9. The number of alkyl halides is 2. The first-order valence-electron chi connectivity index (χ1n) is 9.68. The van der Waals surface area contributed by atoms with Crippen LogP contribution in [0.15, 0.2) is 35.1 Å². The van der Waals surface area contributed by atoms with E-state index in [0.29, 0.717) is 24.2 Å². The van der Waals surface area contributed by atoms with Crippen molar-refractivity contribution in [1.82, 2.24) is 10.2 Å². The summed E-state index contributed by atoms with van der Waals surface area (Å²) in [6.07, 6.45) is -2.94. The van der Waals surface area contributed by atoms with Crippen LogP contribution >= 0.6 is 0 Å². The molecule has 0 aliphatic carbocycles. The highest BCUT2D eigenvalue weighted by atomic mass is 19.3. The van der Waals surface area contributed by atoms with E-state index in [0.717, 1.165) is 6.07 Å². The van der Waals surface area contributed by atoms with Crippen molar-refractivity contribution in [3.8, 4) is 12.1 Å². The first-order valence-corrected chi connectivity index (χ1v) is 9.68. The molecule has 2 aromatic carbocycles. The predicted octanol–water partition coefficient (Wildman–Crippen LogP) is 3.83. The first-order chi connectivity index (χ1) is 15.3. The smallest absolute Gasteiger partial charge is 0.272 e. The summed E-state index contributed by atoms with van der Waals surface area (Å²) < 4.78 is 40.3. The van der Waals surface area contributed by atoms with Gasteiger partial charge in [-0.3, -0.25) is 4.79 Å². The Morgan fingerprint density at radius 1 is 1.28 bits per heavy atom. The van der Waals surface area contributed by atoms with Crippen molar-refractivity contribution in [3.63, 3.8) is 0 Å². The number of rotatable bonds is 5. The zero-order chi connectivity index (χ0) is 23.0. The first kappa shape index (κ1) is 21.2. The largest absolute Gasteiger partial charge is 0.367 e. The highest BCUT2D eigenvalue weighted by molar-refractivity contribution is 5.95. The van der Waals surface area contributed by atoms with Crippen LogP contribution < -0.4 is 15.8 Å². The van der Waals surface area contributed by atoms with E-state index in [2.05, 4.69) is 27.7 Å². The fraction of sp³-hybridized carbons (Fsp3) is 0.273. The summed E-state index contributed by atoms with van der Waals surface area (Å²) >= 11 is 0. The van der Waals surface area contributed by atoms with E-state index >= 15 is 0 Å². The van der Waals surface area contributed by atoms with E-state index in [1.54, 1.807) is 6.07 Å². The highest BCUT2D eigenvalue weighted by Gasteiger charge is 2.40. The SMILES string of the molecule is CC1(C#N)CN(c2cc3c(NCc4cccc(C(F)F)c4F)n[nH]c(=O)c3cc2C#N)C1. The molecule has 1 aromatic heterocycles. The lowest BCUT2D eigenvalue weighted by molar-refractivity contribution is 0.146. The topological polar surface area (TPSA) is 109 Å². The van der Waals surface area contributed by atoms with Crippen molar-refractivity contribution in [2.24, 2.45) is 5.41 Å². The average molecular weight is 438 g/mol. The fourth-order valence-corrected chi connectivity index (χ4v) is 3.81. The third kappa shape index (κ3) is 3.60. The van der Waals surface area contributed by atoms with Gasteiger partial charge >= 0.3 is 0 Å². The maximum Gasteiger partial charge on any atom is 0.272 e. The number of fused-ring (bicyclic) bond motifs is 1. The van der Waals surface area contributed by atoms with E-state index < -0.39 is 28.8 Å². The van der Waals surface area contributed by atoms with E-state index in [-0.39, 0.29) is 28.9 Å². The van der Waals surface area contributed by atoms with Crippen LogP contribution in [0, 0.1) is 33.9 Å². The Balaban J connectivity index is 1.72. The number of halogens is 3. The molecule has 32 heavy (non-hydrogen) atoms. The van der Waals surface area contributed by atoms with Crippen molar-refractivity contribution in [2.75, 3.05) is 23.3 Å². The lowest BCUT2D eigenvalue weighted by atomic mass is 9.83. The number of aromatic nitrogens is 2. The minimum absolute atomic E-state index is 0.0188. The summed E-state index contributed by atoms with van der Waals surface area (Å²) in [7, 11) is 0. The normalized spacial score (nSPS) is 14.7. The molecule has 0 amide bonds. The molecule has 7 nitrogen and oxygen atoms in total. The van der Waals surface area contributed by atoms with Gasteiger partial charge in [0, 0.05) is 30.6 Å². The van der Waals surface area contributed by atoms with Gasteiger partial charge in [-0.2, -0.15) is 15.6 Å². The Hall–Kier alpha value is -4.05. The number of benzene rings is 2. The van der Waals surface area contributed by atoms with Crippen LogP contribution in [-0.2, 0) is 6.54 Å². The van der Waals surface area contributed by atoms with Crippen molar-refractivity contribution >= 4 is 22.3 Å². The second-order valence-corrected chi connectivity index (χ2v) is 7.93. The van der Waals surface area contributed by atoms with Gasteiger partial charge in [0.15, 0.2) is 5.82 Å². The van der Waals surface area contributed by atoms with Crippen LogP contribution in [0.3, 0.4) is 0 Å². The monoisotopic (exact) mass is 438 g/mol. The number of aromatic amines is 1. The van der Waals surface area contributed by atoms with Crippen LogP contribution in [0.25, 0.3) is 10.8 Å². The van der Waals surface area contributed by atoms with E-state index in [4.69, 9.17) is 0 Å². The van der Waals surface area contributed by atoms with E-state index in [1.807, 2.05) is 11.8 Å². The molecule has 3 aromatic rings. The lowest BCUT2D eigenvalue weighted by Crippen LogP contribution is -2.54. The molecule has 1 fully saturated rings. The van der Waals surface area contributed by atoms with Gasteiger partial charge in [-0.1, -0.05) is 18.2 Å². The minimum Gasteiger partial charge on any atom is -0.367 e. The molecular weight excluding hydrogens is 421 g/mol. The summed E-state index contributed by atoms with van der Waals surface area (Å²) in [4.78, 5) is 14.2. The highest BCUT2D eigenvalue weighted by Crippen LogP contribution is 2.37. The molecule has 0 bridgehead atoms. The number of hydrogen-bond acceptors (Lipinski definition) is 6. The molecule has 1 aliphatic heterocycles. The number of nitriles is 2. The summed E-state index contributed by atoms with van der Waals surface area (Å²) in [5.74, 6) is -0.802. The second-order valence-electron chi connectivity index (χ2n) is 7.93. The molecule has 1 aliphatic rings. The van der Waals surface area contributed by atoms with Crippen molar-refractivity contribution < 1.29 is 13.2 Å². The fourth-order valence-electron chi connectivity index (χ4n) is 3.81. The van der Waals surface area contributed by atoms with Crippen LogP contribution in [-0.4, -0.2) is 23.3 Å². The van der Waals surface area contributed by atoms with Gasteiger partial charge in [0.25, 0.3) is 12.0 Å². The third-order valence-electron chi connectivity index (χ3n) is 5.51. The Labute approximate surface area is 180 Å². The summed E-state index contributed by atoms with van der Waals surface area (Å²) in [5.41, 5.74) is -0.884. The minimum atomic E-state index is -2.94. The zero-order valence-electron chi connectivity index (χ0n) is 16.9. The second kappa shape index (κ2) is 7.89. The lowest BCUT2D eigenvalue weighted by Gasteiger charge is -2.45. The Morgan fingerprint density at radius 3 is 2.69 bits per heavy atom. The number of nitrogens with zero attached hydrogens (tertiary/aromatic N) is 4. The molecule has 2 heterocycles. The van der Waals surface area contributed by atoms with Crippen molar-refractivity contribution in [1.29, 1.82) is 10.5 Å². The molecule has 0 radical (unpaired) electrons. The number of anilines is 2. The number of nitrogens with one attached hydrogen (secondary N) is 2. The number of H-pyrrole nitrogens is 1. The predicted molar refractivity (Wildman–Crippen MR) is 112 cm³/mol. The summed E-state index contributed by atoms with van der Waals surface area (Å²) in [6, 6.07) is 11.1. The van der Waals surface area contributed by atoms with Crippen LogP contribution in [0.2, 0.25) is 0 Å². The Kier molecular flexibility index (Phi) is 5.23. The molecule has 0 atom stereocenters. The van der Waals surface area contributed by atoms with Gasteiger partial charge in [-0.05, 0) is 19.1 Å². The van der Waals surface area contributed by atoms with Crippen LogP contribution in [0.5, 0.6) is 0 Å². The van der Waals surface area contributed by atoms with Crippen LogP contribution in [0.4, 0.5) is 24.7 Å². The molecular formula is C22H17F3N6O. The number of hydrogen-bond donors (Lipinski definition) is 2. The molecule has 2 N–H and O–H groups in total. The third-order valence-corrected chi connectivity index (χ3v) is 5.51. The van der Waals surface area contributed by atoms with Gasteiger partial charge in [-0.15, -0.1) is 0 Å². The van der Waals surface area contributed by atoms with E-state index in [9.17, 15) is 28.5 Å². The maximum absolute atomic E-state index is 14.4. The summed E-state index contributed by atoms with van der Waals surface area (Å²) in [5, 5.41) is 28.6. The van der Waals surface area contributed by atoms with Gasteiger partial charge in [-0.25, -0.2) is 18.3 Å². The van der Waals surface area contributed by atoms with Gasteiger partial charge in [0.05, 0.1) is 33.7 Å². The van der Waals surface area contributed by atoms with Gasteiger partial charge in [0.2, 0.25) is 0 Å². The molecule has 0 spiro atoms. The van der Waals surface area contributed by atoms with Gasteiger partial charge in [0.1, 0.15) is 11.9 Å². The standard InChI is InChI=1S/C22H17F3N6O/c1-22(9-27)10-31(11-22)17-6-15-16(5-13(17)7-26)21(32)30-29-20(15)28-8-12-3-2-4-14(18(12)23)19(24)25/h2-6,19H,8,10-11H2,1H3,(H,28,29)(H,30,32). The molecule has 1 saturated heterocycles. The quantitative estimate of drug-likeness (QED) is 0.627. The average Bonchev–Trinajstić information content (AvgIpc) is 2.76. The van der Waals surface area contributed by atoms with Crippen molar-refractivity contribution in [2.45, 2.75) is 19.9 Å². The Morgan fingerprint density at radius 2 is 2.03 bits per heavy atom. The molecule has 162 valence electrons. The Bertz CT molecular complexity index is 1350. The van der Waals surface area contributed by atoms with E-state index in [1.165, 1.54) is 18.2 Å². The molecule has 0 saturated carbocycles. The maximum atomic E-state index is 14.4.